The molecule has 0 aromatic rings. The maximum Gasteiger partial charge on any atom is 0.326 e. The Morgan fingerprint density at radius 2 is 2.15 bits per heavy atom. The van der Waals surface area contributed by atoms with Crippen molar-refractivity contribution in [2.45, 2.75) is 57.9 Å². The number of carbonyl (C=O) groups is 1. The fourth-order valence-corrected chi connectivity index (χ4v) is 3.50. The first-order valence-corrected chi connectivity index (χ1v) is 8.14. The summed E-state index contributed by atoms with van der Waals surface area (Å²) in [5.41, 5.74) is -0.446. The van der Waals surface area contributed by atoms with Gasteiger partial charge in [0.1, 0.15) is 5.54 Å². The normalized spacial score (nSPS) is 26.1. The fourth-order valence-electron chi connectivity index (χ4n) is 3.50. The number of ether oxygens (including phenoxy) is 1. The van der Waals surface area contributed by atoms with Gasteiger partial charge in [-0.2, -0.15) is 0 Å². The van der Waals surface area contributed by atoms with Crippen molar-refractivity contribution in [1.82, 2.24) is 10.2 Å². The number of carbonyl (C=O) groups excluding carboxylic acids is 1. The van der Waals surface area contributed by atoms with Crippen molar-refractivity contribution in [3.8, 4) is 0 Å². The summed E-state index contributed by atoms with van der Waals surface area (Å²) in [4.78, 5) is 14.7. The summed E-state index contributed by atoms with van der Waals surface area (Å²) in [6.07, 6.45) is 6.72. The van der Waals surface area contributed by atoms with Gasteiger partial charge in [0.25, 0.3) is 0 Å². The zero-order valence-corrected chi connectivity index (χ0v) is 13.7. The van der Waals surface area contributed by atoms with Crippen LogP contribution in [-0.4, -0.2) is 50.2 Å². The number of nitrogens with zero attached hydrogens (tertiary/aromatic N) is 1. The van der Waals surface area contributed by atoms with E-state index in [1.807, 2.05) is 7.05 Å². The molecule has 1 aliphatic rings. The standard InChI is InChI=1S/C16H32N2O2/c1-5-7-12-18(6-2)13-10-14-9-8-11-16(14,17-3)15(19)20-4/h14,17H,5-13H2,1-4H3. The number of esters is 1. The van der Waals surface area contributed by atoms with E-state index >= 15 is 0 Å². The minimum absolute atomic E-state index is 0.0842. The molecule has 1 N–H and O–H groups in total. The molecule has 0 aromatic carbocycles. The van der Waals surface area contributed by atoms with Gasteiger partial charge in [0.15, 0.2) is 0 Å². The number of methoxy groups -OCH3 is 1. The van der Waals surface area contributed by atoms with Crippen molar-refractivity contribution >= 4 is 5.97 Å². The molecule has 0 saturated heterocycles. The summed E-state index contributed by atoms with van der Waals surface area (Å²) in [5, 5.41) is 3.27. The largest absolute Gasteiger partial charge is 0.468 e. The molecule has 118 valence electrons. The third-order valence-electron chi connectivity index (χ3n) is 4.89. The molecule has 0 radical (unpaired) electrons. The lowest BCUT2D eigenvalue weighted by Crippen LogP contribution is -2.54. The van der Waals surface area contributed by atoms with E-state index in [-0.39, 0.29) is 5.97 Å². The maximum absolute atomic E-state index is 12.2. The van der Waals surface area contributed by atoms with E-state index in [0.717, 1.165) is 38.8 Å². The topological polar surface area (TPSA) is 41.6 Å². The number of rotatable bonds is 9. The highest BCUT2D eigenvalue weighted by atomic mass is 16.5. The van der Waals surface area contributed by atoms with E-state index in [4.69, 9.17) is 4.74 Å². The number of hydrogen-bond donors (Lipinski definition) is 1. The van der Waals surface area contributed by atoms with Crippen LogP contribution >= 0.6 is 0 Å². The van der Waals surface area contributed by atoms with Crippen LogP contribution < -0.4 is 5.32 Å². The van der Waals surface area contributed by atoms with Crippen molar-refractivity contribution in [2.24, 2.45) is 5.92 Å². The minimum atomic E-state index is -0.446. The molecule has 1 saturated carbocycles. The van der Waals surface area contributed by atoms with Gasteiger partial charge in [-0.25, -0.2) is 0 Å². The first-order chi connectivity index (χ1) is 9.64. The second-order valence-electron chi connectivity index (χ2n) is 5.88. The Balaban J connectivity index is 2.58. The highest BCUT2D eigenvalue weighted by Gasteiger charge is 2.48. The predicted octanol–water partition coefficient (Wildman–Crippen LogP) is 2.43. The molecule has 0 bridgehead atoms. The smallest absolute Gasteiger partial charge is 0.326 e. The number of hydrogen-bond acceptors (Lipinski definition) is 4. The van der Waals surface area contributed by atoms with Gasteiger partial charge in [0, 0.05) is 0 Å². The first-order valence-electron chi connectivity index (χ1n) is 8.14. The van der Waals surface area contributed by atoms with Crippen molar-refractivity contribution in [3.63, 3.8) is 0 Å². The van der Waals surface area contributed by atoms with Crippen LogP contribution in [0.15, 0.2) is 0 Å². The van der Waals surface area contributed by atoms with E-state index in [9.17, 15) is 4.79 Å². The molecule has 0 aromatic heterocycles. The van der Waals surface area contributed by atoms with E-state index in [2.05, 4.69) is 24.1 Å². The Morgan fingerprint density at radius 1 is 1.40 bits per heavy atom. The van der Waals surface area contributed by atoms with Gasteiger partial charge < -0.3 is 15.0 Å². The van der Waals surface area contributed by atoms with Crippen molar-refractivity contribution < 1.29 is 9.53 Å². The molecule has 2 unspecified atom stereocenters. The monoisotopic (exact) mass is 284 g/mol. The quantitative estimate of drug-likeness (QED) is 0.660. The molecule has 4 nitrogen and oxygen atoms in total. The van der Waals surface area contributed by atoms with Crippen LogP contribution in [0.1, 0.15) is 52.4 Å². The molecule has 1 aliphatic carbocycles. The van der Waals surface area contributed by atoms with Gasteiger partial charge in [0.2, 0.25) is 0 Å². The lowest BCUT2D eigenvalue weighted by Gasteiger charge is -2.33. The average molecular weight is 284 g/mol. The van der Waals surface area contributed by atoms with E-state index in [0.29, 0.717) is 5.92 Å². The zero-order chi connectivity index (χ0) is 15.0. The molecule has 2 atom stereocenters. The molecule has 0 amide bonds. The Bertz CT molecular complexity index is 296. The summed E-state index contributed by atoms with van der Waals surface area (Å²) in [6.45, 7) is 7.80. The molecule has 4 heteroatoms. The Kier molecular flexibility index (Phi) is 7.52. The third kappa shape index (κ3) is 3.95. The van der Waals surface area contributed by atoms with Gasteiger partial charge >= 0.3 is 5.97 Å². The average Bonchev–Trinajstić information content (AvgIpc) is 2.90. The molecule has 1 fully saturated rings. The molecule has 0 spiro atoms. The van der Waals surface area contributed by atoms with Crippen LogP contribution in [0.25, 0.3) is 0 Å². The predicted molar refractivity (Wildman–Crippen MR) is 82.8 cm³/mol. The summed E-state index contributed by atoms with van der Waals surface area (Å²) in [7, 11) is 3.39. The second-order valence-corrected chi connectivity index (χ2v) is 5.88. The Labute approximate surface area is 124 Å². The Hall–Kier alpha value is -0.610. The summed E-state index contributed by atoms with van der Waals surface area (Å²) in [5.74, 6) is 0.315. The number of unbranched alkanes of at least 4 members (excludes halogenated alkanes) is 1. The van der Waals surface area contributed by atoms with Gasteiger partial charge in [-0.05, 0) is 58.3 Å². The molecule has 1 rings (SSSR count). The Morgan fingerprint density at radius 3 is 2.70 bits per heavy atom. The van der Waals surface area contributed by atoms with Crippen LogP contribution in [0, 0.1) is 5.92 Å². The summed E-state index contributed by atoms with van der Waals surface area (Å²) < 4.78 is 5.04. The molecular formula is C16H32N2O2. The summed E-state index contributed by atoms with van der Waals surface area (Å²) in [6, 6.07) is 0. The van der Waals surface area contributed by atoms with Crippen molar-refractivity contribution in [1.29, 1.82) is 0 Å². The molecule has 0 aliphatic heterocycles. The lowest BCUT2D eigenvalue weighted by molar-refractivity contribution is -0.150. The lowest BCUT2D eigenvalue weighted by atomic mass is 9.84. The van der Waals surface area contributed by atoms with E-state index in [1.165, 1.54) is 26.5 Å². The van der Waals surface area contributed by atoms with Crippen LogP contribution in [0.3, 0.4) is 0 Å². The highest BCUT2D eigenvalue weighted by molar-refractivity contribution is 5.81. The molecular weight excluding hydrogens is 252 g/mol. The molecule has 0 heterocycles. The van der Waals surface area contributed by atoms with Gasteiger partial charge in [0.05, 0.1) is 7.11 Å². The molecule has 20 heavy (non-hydrogen) atoms. The highest BCUT2D eigenvalue weighted by Crippen LogP contribution is 2.38. The van der Waals surface area contributed by atoms with Gasteiger partial charge in [-0.1, -0.05) is 26.7 Å². The van der Waals surface area contributed by atoms with Crippen molar-refractivity contribution in [3.05, 3.63) is 0 Å². The van der Waals surface area contributed by atoms with Gasteiger partial charge in [-0.15, -0.1) is 0 Å². The SMILES string of the molecule is CCCCN(CC)CCC1CCCC1(NC)C(=O)OC. The van der Waals surface area contributed by atoms with Crippen LogP contribution in [0.4, 0.5) is 0 Å². The maximum atomic E-state index is 12.2. The van der Waals surface area contributed by atoms with Crippen molar-refractivity contribution in [2.75, 3.05) is 33.8 Å². The second kappa shape index (κ2) is 8.63. The van der Waals surface area contributed by atoms with Crippen LogP contribution in [0.2, 0.25) is 0 Å². The minimum Gasteiger partial charge on any atom is -0.468 e. The van der Waals surface area contributed by atoms with E-state index in [1.54, 1.807) is 0 Å². The van der Waals surface area contributed by atoms with E-state index < -0.39 is 5.54 Å². The number of likely N-dealkylation sites (N-methyl/N-ethyl adjacent to an activating group) is 1. The van der Waals surface area contributed by atoms with Crippen LogP contribution in [0.5, 0.6) is 0 Å². The number of nitrogens with one attached hydrogen (secondary N) is 1. The zero-order valence-electron chi connectivity index (χ0n) is 13.7. The first kappa shape index (κ1) is 17.4. The third-order valence-corrected chi connectivity index (χ3v) is 4.89. The van der Waals surface area contributed by atoms with Gasteiger partial charge in [-0.3, -0.25) is 4.79 Å². The fraction of sp³-hybridized carbons (Fsp3) is 0.938. The summed E-state index contributed by atoms with van der Waals surface area (Å²) >= 11 is 0. The van der Waals surface area contributed by atoms with Crippen LogP contribution in [-0.2, 0) is 9.53 Å².